The fourth-order valence-electron chi connectivity index (χ4n) is 3.37. The normalized spacial score (nSPS) is 16.4. The smallest absolute Gasteiger partial charge is 0.338 e. The molecule has 3 aromatic rings. The first-order chi connectivity index (χ1) is 15.1. The molecule has 1 fully saturated rings. The molecule has 4 rings (SSSR count). The van der Waals surface area contributed by atoms with Crippen molar-refractivity contribution in [2.45, 2.75) is 17.6 Å². The van der Waals surface area contributed by atoms with E-state index < -0.39 is 27.6 Å². The highest BCUT2D eigenvalue weighted by Gasteiger charge is 2.31. The molecule has 0 radical (unpaired) electrons. The quantitative estimate of drug-likeness (QED) is 0.532. The number of sulfonamides is 1. The van der Waals surface area contributed by atoms with Crippen LogP contribution in [0.3, 0.4) is 0 Å². The van der Waals surface area contributed by atoms with Crippen LogP contribution in [0.4, 0.5) is 17.6 Å². The number of alkyl halides is 3. The molecule has 12 heteroatoms. The van der Waals surface area contributed by atoms with E-state index in [0.29, 0.717) is 13.1 Å². The van der Waals surface area contributed by atoms with Gasteiger partial charge in [0.2, 0.25) is 21.7 Å². The molecule has 0 amide bonds. The molecule has 1 aliphatic heterocycles. The van der Waals surface area contributed by atoms with Crippen LogP contribution in [0.2, 0.25) is 0 Å². The van der Waals surface area contributed by atoms with Crippen LogP contribution < -0.4 is 0 Å². The molecule has 1 aromatic heterocycles. The standard InChI is InChI=1S/C20H18F4N4O3S/c21-16-5-2-6-17(12-16)32(29,30)28-9-7-27(8-10-28)13-18-25-19(26-31-18)14-3-1-4-15(11-14)20(22,23)24/h1-6,11-12H,7-10,13H2. The number of hydrogen-bond acceptors (Lipinski definition) is 6. The summed E-state index contributed by atoms with van der Waals surface area (Å²) in [6.07, 6.45) is -4.48. The fraction of sp³-hybridized carbons (Fsp3) is 0.300. The molecule has 1 aliphatic rings. The number of rotatable bonds is 5. The molecule has 7 nitrogen and oxygen atoms in total. The van der Waals surface area contributed by atoms with Gasteiger partial charge in [0.05, 0.1) is 17.0 Å². The topological polar surface area (TPSA) is 79.5 Å². The maximum atomic E-state index is 13.4. The van der Waals surface area contributed by atoms with Gasteiger partial charge in [-0.15, -0.1) is 0 Å². The summed E-state index contributed by atoms with van der Waals surface area (Å²) in [6, 6.07) is 9.48. The highest BCUT2D eigenvalue weighted by atomic mass is 32.2. The van der Waals surface area contributed by atoms with Crippen molar-refractivity contribution in [1.29, 1.82) is 0 Å². The molecule has 170 valence electrons. The lowest BCUT2D eigenvalue weighted by Gasteiger charge is -2.33. The van der Waals surface area contributed by atoms with E-state index >= 15 is 0 Å². The zero-order valence-corrected chi connectivity index (χ0v) is 17.4. The SMILES string of the molecule is O=S(=O)(c1cccc(F)c1)N1CCN(Cc2nc(-c3cccc(C(F)(F)F)c3)no2)CC1. The van der Waals surface area contributed by atoms with Gasteiger partial charge in [-0.2, -0.15) is 22.5 Å². The summed E-state index contributed by atoms with van der Waals surface area (Å²) in [4.78, 5) is 5.95. The Balaban J connectivity index is 1.39. The van der Waals surface area contributed by atoms with E-state index in [9.17, 15) is 26.0 Å². The summed E-state index contributed by atoms with van der Waals surface area (Å²) in [5, 5.41) is 3.76. The van der Waals surface area contributed by atoms with Crippen molar-refractivity contribution < 1.29 is 30.5 Å². The fourth-order valence-corrected chi connectivity index (χ4v) is 4.82. The summed E-state index contributed by atoms with van der Waals surface area (Å²) in [7, 11) is -3.81. The lowest BCUT2D eigenvalue weighted by Crippen LogP contribution is -2.48. The molecule has 0 unspecified atom stereocenters. The molecule has 0 atom stereocenters. The maximum absolute atomic E-state index is 13.4. The van der Waals surface area contributed by atoms with Gasteiger partial charge in [0.15, 0.2) is 0 Å². The van der Waals surface area contributed by atoms with Gasteiger partial charge in [-0.05, 0) is 30.3 Å². The first-order valence-electron chi connectivity index (χ1n) is 9.61. The Kier molecular flexibility index (Phi) is 6.01. The van der Waals surface area contributed by atoms with Gasteiger partial charge in [0, 0.05) is 31.7 Å². The van der Waals surface area contributed by atoms with Gasteiger partial charge in [-0.3, -0.25) is 4.90 Å². The highest BCUT2D eigenvalue weighted by molar-refractivity contribution is 7.89. The largest absolute Gasteiger partial charge is 0.416 e. The zero-order valence-electron chi connectivity index (χ0n) is 16.6. The Hall–Kier alpha value is -2.83. The molecule has 32 heavy (non-hydrogen) atoms. The summed E-state index contributed by atoms with van der Waals surface area (Å²) >= 11 is 0. The number of benzene rings is 2. The lowest BCUT2D eigenvalue weighted by atomic mass is 10.1. The van der Waals surface area contributed by atoms with Crippen LogP contribution in [0.1, 0.15) is 11.5 Å². The zero-order chi connectivity index (χ0) is 22.9. The van der Waals surface area contributed by atoms with Crippen molar-refractivity contribution in [3.8, 4) is 11.4 Å². The number of halogens is 4. The van der Waals surface area contributed by atoms with Crippen LogP contribution in [0.5, 0.6) is 0 Å². The summed E-state index contributed by atoms with van der Waals surface area (Å²) in [5.41, 5.74) is -0.627. The first kappa shape index (κ1) is 22.4. The predicted octanol–water partition coefficient (Wildman–Crippen LogP) is 3.40. The maximum Gasteiger partial charge on any atom is 0.416 e. The third kappa shape index (κ3) is 4.81. The van der Waals surface area contributed by atoms with E-state index in [1.54, 1.807) is 0 Å². The van der Waals surface area contributed by atoms with Crippen LogP contribution >= 0.6 is 0 Å². The van der Waals surface area contributed by atoms with Crippen molar-refractivity contribution in [1.82, 2.24) is 19.3 Å². The Morgan fingerprint density at radius 1 is 1.00 bits per heavy atom. The molecule has 1 saturated heterocycles. The first-order valence-corrected chi connectivity index (χ1v) is 11.1. The molecule has 0 spiro atoms. The summed E-state index contributed by atoms with van der Waals surface area (Å²) < 4.78 is 83.9. The molecule has 0 bridgehead atoms. The lowest BCUT2D eigenvalue weighted by molar-refractivity contribution is -0.137. The molecule has 0 saturated carbocycles. The Bertz CT molecular complexity index is 1210. The number of hydrogen-bond donors (Lipinski definition) is 0. The van der Waals surface area contributed by atoms with Gasteiger partial charge in [-0.1, -0.05) is 23.4 Å². The monoisotopic (exact) mass is 470 g/mol. The average molecular weight is 470 g/mol. The average Bonchev–Trinajstić information content (AvgIpc) is 3.22. The number of nitrogens with zero attached hydrogens (tertiary/aromatic N) is 4. The van der Waals surface area contributed by atoms with Crippen molar-refractivity contribution in [2.75, 3.05) is 26.2 Å². The van der Waals surface area contributed by atoms with Crippen molar-refractivity contribution >= 4 is 10.0 Å². The third-order valence-corrected chi connectivity index (χ3v) is 6.93. The molecule has 2 aromatic carbocycles. The minimum Gasteiger partial charge on any atom is -0.338 e. The van der Waals surface area contributed by atoms with Gasteiger partial charge in [0.1, 0.15) is 5.82 Å². The molecule has 2 heterocycles. The number of piperazine rings is 1. The van der Waals surface area contributed by atoms with E-state index in [-0.39, 0.29) is 41.8 Å². The Morgan fingerprint density at radius 3 is 2.41 bits per heavy atom. The van der Waals surface area contributed by atoms with Crippen LogP contribution in [-0.2, 0) is 22.7 Å². The Morgan fingerprint density at radius 2 is 1.72 bits per heavy atom. The van der Waals surface area contributed by atoms with Crippen LogP contribution in [0, 0.1) is 5.82 Å². The van der Waals surface area contributed by atoms with E-state index in [1.807, 2.05) is 4.90 Å². The second kappa shape index (κ2) is 8.60. The van der Waals surface area contributed by atoms with E-state index in [1.165, 1.54) is 34.6 Å². The van der Waals surface area contributed by atoms with E-state index in [2.05, 4.69) is 10.1 Å². The molecule has 0 aliphatic carbocycles. The second-order valence-electron chi connectivity index (χ2n) is 7.23. The Labute approximate surface area is 181 Å². The van der Waals surface area contributed by atoms with E-state index in [0.717, 1.165) is 18.2 Å². The van der Waals surface area contributed by atoms with Gasteiger partial charge in [-0.25, -0.2) is 12.8 Å². The van der Waals surface area contributed by atoms with E-state index in [4.69, 9.17) is 4.52 Å². The predicted molar refractivity (Wildman–Crippen MR) is 105 cm³/mol. The summed E-state index contributed by atoms with van der Waals surface area (Å²) in [5.74, 6) is -0.380. The van der Waals surface area contributed by atoms with Crippen LogP contribution in [-0.4, -0.2) is 53.9 Å². The second-order valence-corrected chi connectivity index (χ2v) is 9.17. The number of aromatic nitrogens is 2. The summed E-state index contributed by atoms with van der Waals surface area (Å²) in [6.45, 7) is 1.34. The molecular formula is C20H18F4N4O3S. The van der Waals surface area contributed by atoms with Crippen molar-refractivity contribution in [2.24, 2.45) is 0 Å². The van der Waals surface area contributed by atoms with Crippen molar-refractivity contribution in [3.63, 3.8) is 0 Å². The van der Waals surface area contributed by atoms with Gasteiger partial charge < -0.3 is 4.52 Å². The minimum absolute atomic E-state index is 0.0402. The van der Waals surface area contributed by atoms with Crippen LogP contribution in [0.15, 0.2) is 57.9 Å². The third-order valence-electron chi connectivity index (χ3n) is 5.04. The highest BCUT2D eigenvalue weighted by Crippen LogP contribution is 2.31. The minimum atomic E-state index is -4.48. The molecule has 0 N–H and O–H groups in total. The van der Waals surface area contributed by atoms with Crippen LogP contribution in [0.25, 0.3) is 11.4 Å². The van der Waals surface area contributed by atoms with Crippen molar-refractivity contribution in [3.05, 3.63) is 65.8 Å². The van der Waals surface area contributed by atoms with Gasteiger partial charge in [0.25, 0.3) is 0 Å². The van der Waals surface area contributed by atoms with Gasteiger partial charge >= 0.3 is 6.18 Å². The molecular weight excluding hydrogens is 452 g/mol.